The molecule has 1 aliphatic heterocycles. The van der Waals surface area contributed by atoms with Crippen LogP contribution in [0.4, 0.5) is 0 Å². The molecule has 2 N–H and O–H groups in total. The SMILES string of the molecule is CCOc1cccnc1C1CCC(OC[C@@H]2NCCC[C@@H]2NS(C)(=O)=O)CC1. The zero-order valence-electron chi connectivity index (χ0n) is 16.9. The van der Waals surface area contributed by atoms with Crippen LogP contribution in [0.1, 0.15) is 57.1 Å². The van der Waals surface area contributed by atoms with Gasteiger partial charge in [0.25, 0.3) is 0 Å². The molecule has 1 aromatic heterocycles. The van der Waals surface area contributed by atoms with Crippen LogP contribution in [-0.4, -0.2) is 57.6 Å². The number of aromatic nitrogens is 1. The Morgan fingerprint density at radius 3 is 2.75 bits per heavy atom. The van der Waals surface area contributed by atoms with Gasteiger partial charge in [0.15, 0.2) is 0 Å². The smallest absolute Gasteiger partial charge is 0.209 e. The number of hydrogen-bond donors (Lipinski definition) is 2. The van der Waals surface area contributed by atoms with Gasteiger partial charge in [0, 0.05) is 24.2 Å². The second-order valence-corrected chi connectivity index (χ2v) is 9.61. The van der Waals surface area contributed by atoms with Crippen LogP contribution in [0.15, 0.2) is 18.3 Å². The quantitative estimate of drug-likeness (QED) is 0.682. The van der Waals surface area contributed by atoms with Gasteiger partial charge in [0.2, 0.25) is 10.0 Å². The molecule has 3 rings (SSSR count). The maximum atomic E-state index is 11.6. The molecule has 0 unspecified atom stereocenters. The summed E-state index contributed by atoms with van der Waals surface area (Å²) in [7, 11) is -3.21. The van der Waals surface area contributed by atoms with E-state index < -0.39 is 10.0 Å². The summed E-state index contributed by atoms with van der Waals surface area (Å²) in [5.74, 6) is 1.31. The first-order valence-electron chi connectivity index (χ1n) is 10.4. The molecule has 1 aliphatic carbocycles. The van der Waals surface area contributed by atoms with E-state index in [4.69, 9.17) is 9.47 Å². The molecule has 0 aromatic carbocycles. The highest BCUT2D eigenvalue weighted by molar-refractivity contribution is 7.88. The van der Waals surface area contributed by atoms with Crippen molar-refractivity contribution in [3.05, 3.63) is 24.0 Å². The maximum absolute atomic E-state index is 11.6. The number of sulfonamides is 1. The molecule has 1 saturated carbocycles. The van der Waals surface area contributed by atoms with Crippen molar-refractivity contribution in [1.29, 1.82) is 0 Å². The van der Waals surface area contributed by atoms with E-state index in [1.54, 1.807) is 0 Å². The van der Waals surface area contributed by atoms with Crippen molar-refractivity contribution in [2.45, 2.75) is 69.6 Å². The van der Waals surface area contributed by atoms with Crippen LogP contribution >= 0.6 is 0 Å². The van der Waals surface area contributed by atoms with Crippen LogP contribution in [-0.2, 0) is 14.8 Å². The molecule has 0 radical (unpaired) electrons. The Morgan fingerprint density at radius 1 is 1.25 bits per heavy atom. The van der Waals surface area contributed by atoms with Crippen molar-refractivity contribution >= 4 is 10.0 Å². The zero-order chi connectivity index (χ0) is 20.0. The van der Waals surface area contributed by atoms with Crippen LogP contribution in [0.5, 0.6) is 5.75 Å². The van der Waals surface area contributed by atoms with Crippen molar-refractivity contribution in [2.75, 3.05) is 26.0 Å². The lowest BCUT2D eigenvalue weighted by atomic mass is 9.84. The summed E-state index contributed by atoms with van der Waals surface area (Å²) in [4.78, 5) is 4.57. The third kappa shape index (κ3) is 6.14. The Bertz CT molecular complexity index is 720. The van der Waals surface area contributed by atoms with Crippen molar-refractivity contribution in [1.82, 2.24) is 15.0 Å². The molecule has 0 amide bonds. The summed E-state index contributed by atoms with van der Waals surface area (Å²) < 4.78 is 37.9. The predicted octanol–water partition coefficient (Wildman–Crippen LogP) is 2.19. The highest BCUT2D eigenvalue weighted by Crippen LogP contribution is 2.37. The van der Waals surface area contributed by atoms with Gasteiger partial charge in [0.1, 0.15) is 5.75 Å². The fourth-order valence-electron chi connectivity index (χ4n) is 4.27. The van der Waals surface area contributed by atoms with Crippen molar-refractivity contribution < 1.29 is 17.9 Å². The largest absolute Gasteiger partial charge is 0.492 e. The monoisotopic (exact) mass is 411 g/mol. The summed E-state index contributed by atoms with van der Waals surface area (Å²) in [6.45, 7) is 4.08. The van der Waals surface area contributed by atoms with Gasteiger partial charge in [-0.1, -0.05) is 0 Å². The number of rotatable bonds is 8. The molecule has 7 nitrogen and oxygen atoms in total. The molecule has 0 bridgehead atoms. The van der Waals surface area contributed by atoms with E-state index in [0.29, 0.717) is 19.1 Å². The van der Waals surface area contributed by atoms with Gasteiger partial charge in [-0.25, -0.2) is 13.1 Å². The number of pyridine rings is 1. The van der Waals surface area contributed by atoms with Crippen molar-refractivity contribution in [2.24, 2.45) is 0 Å². The molecule has 1 aromatic rings. The Kier molecular flexibility index (Phi) is 7.68. The molecule has 1 saturated heterocycles. The average molecular weight is 412 g/mol. The number of nitrogens with zero attached hydrogens (tertiary/aromatic N) is 1. The van der Waals surface area contributed by atoms with Gasteiger partial charge in [-0.05, 0) is 64.1 Å². The number of piperidine rings is 1. The van der Waals surface area contributed by atoms with Crippen LogP contribution in [0, 0.1) is 0 Å². The van der Waals surface area contributed by atoms with Crippen LogP contribution in [0.25, 0.3) is 0 Å². The third-order valence-electron chi connectivity index (χ3n) is 5.62. The number of hydrogen-bond acceptors (Lipinski definition) is 6. The Labute approximate surface area is 168 Å². The van der Waals surface area contributed by atoms with Gasteiger partial charge in [0.05, 0.1) is 31.3 Å². The molecule has 2 heterocycles. The second-order valence-electron chi connectivity index (χ2n) is 7.83. The minimum Gasteiger partial charge on any atom is -0.492 e. The molecule has 0 spiro atoms. The number of nitrogens with one attached hydrogen (secondary N) is 2. The number of ether oxygens (including phenoxy) is 2. The first-order valence-corrected chi connectivity index (χ1v) is 12.3. The fourth-order valence-corrected chi connectivity index (χ4v) is 5.11. The lowest BCUT2D eigenvalue weighted by Gasteiger charge is -2.35. The van der Waals surface area contributed by atoms with Gasteiger partial charge in [-0.3, -0.25) is 4.98 Å². The van der Waals surface area contributed by atoms with Crippen LogP contribution in [0.2, 0.25) is 0 Å². The molecule has 2 aliphatic rings. The molecule has 8 heteroatoms. The van der Waals surface area contributed by atoms with E-state index in [0.717, 1.165) is 56.5 Å². The van der Waals surface area contributed by atoms with E-state index in [9.17, 15) is 8.42 Å². The van der Waals surface area contributed by atoms with Crippen molar-refractivity contribution in [3.63, 3.8) is 0 Å². The molecular formula is C20H33N3O4S. The van der Waals surface area contributed by atoms with E-state index in [2.05, 4.69) is 15.0 Å². The van der Waals surface area contributed by atoms with Gasteiger partial charge in [-0.2, -0.15) is 0 Å². The lowest BCUT2D eigenvalue weighted by Crippen LogP contribution is -2.55. The minimum absolute atomic E-state index is 0.0292. The predicted molar refractivity (Wildman–Crippen MR) is 109 cm³/mol. The first-order chi connectivity index (χ1) is 13.5. The highest BCUT2D eigenvalue weighted by atomic mass is 32.2. The standard InChI is InChI=1S/C20H33N3O4S/c1-3-26-19-7-5-13-22-20(19)15-8-10-16(11-9-15)27-14-18-17(6-4-12-21-18)23-28(2,24)25/h5,7,13,15-18,21,23H,3-4,6,8-12,14H2,1-2H3/t15?,16?,17-,18-/m0/s1. The third-order valence-corrected chi connectivity index (χ3v) is 6.35. The molecule has 28 heavy (non-hydrogen) atoms. The molecule has 158 valence electrons. The van der Waals surface area contributed by atoms with Crippen molar-refractivity contribution in [3.8, 4) is 5.75 Å². The minimum atomic E-state index is -3.21. The fraction of sp³-hybridized carbons (Fsp3) is 0.750. The topological polar surface area (TPSA) is 89.6 Å². The Balaban J connectivity index is 1.49. The molecular weight excluding hydrogens is 378 g/mol. The first kappa shape index (κ1) is 21.5. The van der Waals surface area contributed by atoms with E-state index in [1.807, 2.05) is 25.3 Å². The summed E-state index contributed by atoms with van der Waals surface area (Å²) in [5, 5.41) is 3.41. The summed E-state index contributed by atoms with van der Waals surface area (Å²) in [6, 6.07) is 3.85. The highest BCUT2D eigenvalue weighted by Gasteiger charge is 2.30. The summed E-state index contributed by atoms with van der Waals surface area (Å²) in [5.41, 5.74) is 1.06. The van der Waals surface area contributed by atoms with Crippen LogP contribution < -0.4 is 14.8 Å². The van der Waals surface area contributed by atoms with E-state index >= 15 is 0 Å². The van der Waals surface area contributed by atoms with E-state index in [-0.39, 0.29) is 18.2 Å². The average Bonchev–Trinajstić information content (AvgIpc) is 2.67. The van der Waals surface area contributed by atoms with Gasteiger partial charge >= 0.3 is 0 Å². The Hall–Kier alpha value is -1.22. The molecule has 2 fully saturated rings. The summed E-state index contributed by atoms with van der Waals surface area (Å²) in [6.07, 6.45) is 9.14. The lowest BCUT2D eigenvalue weighted by molar-refractivity contribution is 0.00489. The normalized spacial score (nSPS) is 28.8. The summed E-state index contributed by atoms with van der Waals surface area (Å²) >= 11 is 0. The van der Waals surface area contributed by atoms with Crippen LogP contribution in [0.3, 0.4) is 0 Å². The zero-order valence-corrected chi connectivity index (χ0v) is 17.7. The van der Waals surface area contributed by atoms with Gasteiger partial charge in [-0.15, -0.1) is 0 Å². The second kappa shape index (κ2) is 10.0. The van der Waals surface area contributed by atoms with Gasteiger partial charge < -0.3 is 14.8 Å². The maximum Gasteiger partial charge on any atom is 0.209 e. The molecule has 2 atom stereocenters. The van der Waals surface area contributed by atoms with E-state index in [1.165, 1.54) is 6.26 Å². The Morgan fingerprint density at radius 2 is 2.04 bits per heavy atom.